The van der Waals surface area contributed by atoms with Gasteiger partial charge >= 0.3 is 5.69 Å². The molecule has 1 aromatic carbocycles. The molecule has 0 saturated carbocycles. The fraction of sp³-hybridized carbons (Fsp3) is 0.312. The summed E-state index contributed by atoms with van der Waals surface area (Å²) in [7, 11) is 1.54. The third-order valence-corrected chi connectivity index (χ3v) is 4.03. The number of hydrogen-bond acceptors (Lipinski definition) is 8. The van der Waals surface area contributed by atoms with Crippen LogP contribution in [0.15, 0.2) is 37.9 Å². The van der Waals surface area contributed by atoms with Crippen LogP contribution in [-0.4, -0.2) is 46.8 Å². The van der Waals surface area contributed by atoms with Crippen LogP contribution in [0.4, 0.5) is 0 Å². The van der Waals surface area contributed by atoms with Gasteiger partial charge in [-0.1, -0.05) is 18.7 Å². The molecule has 11 heteroatoms. The van der Waals surface area contributed by atoms with Crippen molar-refractivity contribution in [3.05, 3.63) is 44.6 Å². The van der Waals surface area contributed by atoms with Crippen molar-refractivity contribution in [1.82, 2.24) is 20.6 Å². The van der Waals surface area contributed by atoms with Gasteiger partial charge in [0.05, 0.1) is 25.7 Å². The van der Waals surface area contributed by atoms with Gasteiger partial charge in [0, 0.05) is 0 Å². The Morgan fingerprint density at radius 1 is 1.37 bits per heavy atom. The standard InChI is InChI=1S/C16H19N5O5S/c1-3-6-26-11-5-4-10(7-12(11)25-2)8-17-19-13(22)9-27-15-14(23)18-16(24)21-20-15/h4-5,7-8H,3,6,9H2,1-2H3,(H,19,22)(H2,18,21,23,24)/b17-8+. The lowest BCUT2D eigenvalue weighted by Gasteiger charge is -2.10. The highest BCUT2D eigenvalue weighted by Gasteiger charge is 2.07. The van der Waals surface area contributed by atoms with Gasteiger partial charge in [-0.15, -0.1) is 0 Å². The fourth-order valence-electron chi connectivity index (χ4n) is 1.88. The van der Waals surface area contributed by atoms with E-state index in [0.29, 0.717) is 23.7 Å². The Kier molecular flexibility index (Phi) is 7.62. The van der Waals surface area contributed by atoms with Crippen molar-refractivity contribution in [2.75, 3.05) is 19.5 Å². The minimum absolute atomic E-state index is 0.0128. The first-order valence-corrected chi connectivity index (χ1v) is 8.96. The Morgan fingerprint density at radius 3 is 2.89 bits per heavy atom. The molecule has 2 rings (SSSR count). The van der Waals surface area contributed by atoms with Gasteiger partial charge in [0.25, 0.3) is 5.56 Å². The van der Waals surface area contributed by atoms with Crippen molar-refractivity contribution in [2.45, 2.75) is 18.4 Å². The minimum Gasteiger partial charge on any atom is -0.493 e. The van der Waals surface area contributed by atoms with Crippen molar-refractivity contribution < 1.29 is 14.3 Å². The van der Waals surface area contributed by atoms with Crippen molar-refractivity contribution >= 4 is 23.9 Å². The number of aromatic nitrogens is 3. The summed E-state index contributed by atoms with van der Waals surface area (Å²) in [5.41, 5.74) is 1.69. The van der Waals surface area contributed by atoms with Gasteiger partial charge in [0.15, 0.2) is 16.5 Å². The number of hydrogen-bond donors (Lipinski definition) is 3. The lowest BCUT2D eigenvalue weighted by molar-refractivity contribution is -0.118. The summed E-state index contributed by atoms with van der Waals surface area (Å²) in [5, 5.41) is 9.50. The molecule has 0 aliphatic carbocycles. The summed E-state index contributed by atoms with van der Waals surface area (Å²) < 4.78 is 10.8. The molecule has 27 heavy (non-hydrogen) atoms. The number of thioether (sulfide) groups is 1. The van der Waals surface area contributed by atoms with Crippen LogP contribution < -0.4 is 26.1 Å². The first-order valence-electron chi connectivity index (χ1n) is 7.98. The number of ether oxygens (including phenoxy) is 2. The maximum Gasteiger partial charge on any atom is 0.342 e. The number of aromatic amines is 2. The Hall–Kier alpha value is -3.08. The Morgan fingerprint density at radius 2 is 2.19 bits per heavy atom. The lowest BCUT2D eigenvalue weighted by Crippen LogP contribution is -2.26. The average molecular weight is 393 g/mol. The third kappa shape index (κ3) is 6.29. The second-order valence-electron chi connectivity index (χ2n) is 5.15. The van der Waals surface area contributed by atoms with E-state index in [1.54, 1.807) is 25.3 Å². The van der Waals surface area contributed by atoms with E-state index in [0.717, 1.165) is 18.2 Å². The number of carbonyl (C=O) groups excluding carboxylic acids is 1. The molecule has 144 valence electrons. The zero-order chi connectivity index (χ0) is 19.6. The van der Waals surface area contributed by atoms with Crippen molar-refractivity contribution in [1.29, 1.82) is 0 Å². The quantitative estimate of drug-likeness (QED) is 0.320. The summed E-state index contributed by atoms with van der Waals surface area (Å²) >= 11 is 0.878. The molecule has 0 unspecified atom stereocenters. The summed E-state index contributed by atoms with van der Waals surface area (Å²) in [4.78, 5) is 36.1. The van der Waals surface area contributed by atoms with E-state index in [1.807, 2.05) is 11.9 Å². The van der Waals surface area contributed by atoms with Gasteiger partial charge < -0.3 is 9.47 Å². The molecule has 0 spiro atoms. The first kappa shape index (κ1) is 20.2. The molecule has 0 aliphatic heterocycles. The zero-order valence-electron chi connectivity index (χ0n) is 14.8. The highest BCUT2D eigenvalue weighted by molar-refractivity contribution is 7.99. The number of methoxy groups -OCH3 is 1. The van der Waals surface area contributed by atoms with E-state index in [9.17, 15) is 14.4 Å². The van der Waals surface area contributed by atoms with Gasteiger partial charge in [0.2, 0.25) is 5.91 Å². The van der Waals surface area contributed by atoms with Crippen LogP contribution in [0.5, 0.6) is 11.5 Å². The van der Waals surface area contributed by atoms with Crippen molar-refractivity contribution in [3.8, 4) is 11.5 Å². The van der Waals surface area contributed by atoms with E-state index in [2.05, 4.69) is 20.7 Å². The Labute approximate surface area is 158 Å². The third-order valence-electron chi connectivity index (χ3n) is 3.07. The predicted molar refractivity (Wildman–Crippen MR) is 101 cm³/mol. The number of hydrazone groups is 1. The largest absolute Gasteiger partial charge is 0.493 e. The molecule has 1 aromatic heterocycles. The molecule has 2 aromatic rings. The average Bonchev–Trinajstić information content (AvgIpc) is 2.66. The molecule has 1 heterocycles. The van der Waals surface area contributed by atoms with E-state index >= 15 is 0 Å². The summed E-state index contributed by atoms with van der Waals surface area (Å²) in [6.45, 7) is 2.60. The van der Waals surface area contributed by atoms with Crippen LogP contribution in [0.25, 0.3) is 0 Å². The molecule has 0 bridgehead atoms. The number of benzene rings is 1. The number of H-pyrrole nitrogens is 2. The zero-order valence-corrected chi connectivity index (χ0v) is 15.6. The second kappa shape index (κ2) is 10.2. The van der Waals surface area contributed by atoms with Crippen LogP contribution in [0.2, 0.25) is 0 Å². The van der Waals surface area contributed by atoms with Crippen molar-refractivity contribution in [2.24, 2.45) is 5.10 Å². The number of nitrogens with one attached hydrogen (secondary N) is 3. The second-order valence-corrected chi connectivity index (χ2v) is 6.12. The predicted octanol–water partition coefficient (Wildman–Crippen LogP) is 0.498. The number of nitrogens with zero attached hydrogens (tertiary/aromatic N) is 2. The Bertz CT molecular complexity index is 924. The smallest absolute Gasteiger partial charge is 0.342 e. The normalized spacial score (nSPS) is 10.7. The van der Waals surface area contributed by atoms with Crippen LogP contribution in [0.1, 0.15) is 18.9 Å². The van der Waals surface area contributed by atoms with E-state index in [-0.39, 0.29) is 10.8 Å². The van der Waals surface area contributed by atoms with Crippen LogP contribution in [0, 0.1) is 0 Å². The van der Waals surface area contributed by atoms with Gasteiger partial charge in [-0.25, -0.2) is 15.3 Å². The minimum atomic E-state index is -0.708. The van der Waals surface area contributed by atoms with Crippen molar-refractivity contribution in [3.63, 3.8) is 0 Å². The number of rotatable bonds is 9. The molecular formula is C16H19N5O5S. The maximum atomic E-state index is 11.8. The summed E-state index contributed by atoms with van der Waals surface area (Å²) in [5.74, 6) is 0.679. The van der Waals surface area contributed by atoms with Crippen LogP contribution in [0.3, 0.4) is 0 Å². The van der Waals surface area contributed by atoms with Gasteiger partial charge in [-0.05, 0) is 30.2 Å². The van der Waals surface area contributed by atoms with Gasteiger partial charge in [0.1, 0.15) is 0 Å². The SMILES string of the molecule is CCCOc1ccc(/C=N/NC(=O)CSc2n[nH]c(=O)[nH]c2=O)cc1OC. The highest BCUT2D eigenvalue weighted by Crippen LogP contribution is 2.27. The molecule has 0 atom stereocenters. The molecule has 1 amide bonds. The van der Waals surface area contributed by atoms with E-state index < -0.39 is 17.2 Å². The topological polar surface area (TPSA) is 139 Å². The molecule has 0 aliphatic rings. The molecule has 10 nitrogen and oxygen atoms in total. The lowest BCUT2D eigenvalue weighted by atomic mass is 10.2. The highest BCUT2D eigenvalue weighted by atomic mass is 32.2. The van der Waals surface area contributed by atoms with Crippen LogP contribution >= 0.6 is 11.8 Å². The summed E-state index contributed by atoms with van der Waals surface area (Å²) in [6.07, 6.45) is 2.34. The maximum absolute atomic E-state index is 11.8. The molecule has 0 saturated heterocycles. The van der Waals surface area contributed by atoms with Gasteiger partial charge in [-0.2, -0.15) is 10.2 Å². The van der Waals surface area contributed by atoms with E-state index in [4.69, 9.17) is 9.47 Å². The molecular weight excluding hydrogens is 374 g/mol. The number of amides is 1. The Balaban J connectivity index is 1.89. The number of carbonyl (C=O) groups is 1. The molecule has 0 radical (unpaired) electrons. The van der Waals surface area contributed by atoms with Crippen LogP contribution in [-0.2, 0) is 4.79 Å². The fourth-order valence-corrected chi connectivity index (χ4v) is 2.50. The molecule has 0 fully saturated rings. The summed E-state index contributed by atoms with van der Waals surface area (Å²) in [6, 6.07) is 5.28. The first-order chi connectivity index (χ1) is 13.0. The monoisotopic (exact) mass is 393 g/mol. The van der Waals surface area contributed by atoms with E-state index in [1.165, 1.54) is 6.21 Å². The molecule has 3 N–H and O–H groups in total. The van der Waals surface area contributed by atoms with Gasteiger partial charge in [-0.3, -0.25) is 14.6 Å².